The van der Waals surface area contributed by atoms with Crippen LogP contribution in [0.5, 0.6) is 0 Å². The van der Waals surface area contributed by atoms with Gasteiger partial charge in [-0.25, -0.2) is 13.2 Å². The van der Waals surface area contributed by atoms with E-state index >= 15 is 0 Å². The van der Waals surface area contributed by atoms with E-state index in [-0.39, 0.29) is 12.6 Å². The molecule has 1 aromatic rings. The SMILES string of the molecule is CCCNC(CCO)c1cc(F)c(F)c(F)c1. The summed E-state index contributed by atoms with van der Waals surface area (Å²) in [7, 11) is 0. The predicted molar refractivity (Wildman–Crippen MR) is 59.1 cm³/mol. The number of aliphatic hydroxyl groups excluding tert-OH is 1. The normalized spacial score (nSPS) is 12.8. The van der Waals surface area contributed by atoms with Crippen LogP contribution in [0.4, 0.5) is 13.2 Å². The minimum Gasteiger partial charge on any atom is -0.396 e. The van der Waals surface area contributed by atoms with Gasteiger partial charge in [0.05, 0.1) is 0 Å². The summed E-state index contributed by atoms with van der Waals surface area (Å²) >= 11 is 0. The van der Waals surface area contributed by atoms with Gasteiger partial charge in [0.25, 0.3) is 0 Å². The summed E-state index contributed by atoms with van der Waals surface area (Å²) in [6.45, 7) is 2.50. The van der Waals surface area contributed by atoms with Gasteiger partial charge in [-0.1, -0.05) is 6.92 Å². The molecule has 5 heteroatoms. The standard InChI is InChI=1S/C12H16F3NO/c1-2-4-16-11(3-5-17)8-6-9(13)12(15)10(14)7-8/h6-7,11,16-17H,2-5H2,1H3. The van der Waals surface area contributed by atoms with Gasteiger partial charge < -0.3 is 10.4 Å². The van der Waals surface area contributed by atoms with Crippen LogP contribution in [0.1, 0.15) is 31.4 Å². The monoisotopic (exact) mass is 247 g/mol. The molecule has 0 spiro atoms. The highest BCUT2D eigenvalue weighted by Gasteiger charge is 2.16. The second-order valence-electron chi connectivity index (χ2n) is 3.82. The minimum absolute atomic E-state index is 0.109. The maximum absolute atomic E-state index is 13.1. The van der Waals surface area contributed by atoms with Crippen molar-refractivity contribution >= 4 is 0 Å². The molecular weight excluding hydrogens is 231 g/mol. The van der Waals surface area contributed by atoms with Crippen LogP contribution in [0.2, 0.25) is 0 Å². The zero-order chi connectivity index (χ0) is 12.8. The van der Waals surface area contributed by atoms with Crippen molar-refractivity contribution in [2.24, 2.45) is 0 Å². The van der Waals surface area contributed by atoms with Crippen molar-refractivity contribution in [2.45, 2.75) is 25.8 Å². The first-order valence-corrected chi connectivity index (χ1v) is 5.58. The topological polar surface area (TPSA) is 32.3 Å². The van der Waals surface area contributed by atoms with Gasteiger partial charge in [-0.05, 0) is 37.1 Å². The Morgan fingerprint density at radius 1 is 1.24 bits per heavy atom. The maximum Gasteiger partial charge on any atom is 0.194 e. The van der Waals surface area contributed by atoms with Crippen LogP contribution < -0.4 is 5.32 Å². The van der Waals surface area contributed by atoms with Crippen molar-refractivity contribution in [1.82, 2.24) is 5.32 Å². The Hall–Kier alpha value is -1.07. The molecule has 0 radical (unpaired) electrons. The fourth-order valence-corrected chi connectivity index (χ4v) is 1.61. The fourth-order valence-electron chi connectivity index (χ4n) is 1.61. The molecule has 17 heavy (non-hydrogen) atoms. The Morgan fingerprint density at radius 2 is 1.82 bits per heavy atom. The molecule has 0 amide bonds. The summed E-state index contributed by atoms with van der Waals surface area (Å²) in [5.74, 6) is -3.88. The van der Waals surface area contributed by atoms with Gasteiger partial charge in [0.1, 0.15) is 0 Å². The molecule has 0 aromatic heterocycles. The first-order valence-electron chi connectivity index (χ1n) is 5.58. The molecule has 0 saturated carbocycles. The maximum atomic E-state index is 13.1. The Labute approximate surface area is 98.5 Å². The second-order valence-corrected chi connectivity index (χ2v) is 3.82. The Kier molecular flexibility index (Phi) is 5.44. The third-order valence-electron chi connectivity index (χ3n) is 2.47. The summed E-state index contributed by atoms with van der Waals surface area (Å²) in [5, 5.41) is 11.9. The van der Waals surface area contributed by atoms with E-state index in [9.17, 15) is 13.2 Å². The molecule has 1 unspecified atom stereocenters. The number of halogens is 3. The van der Waals surface area contributed by atoms with E-state index in [4.69, 9.17) is 5.11 Å². The van der Waals surface area contributed by atoms with Crippen molar-refractivity contribution in [1.29, 1.82) is 0 Å². The van der Waals surface area contributed by atoms with Gasteiger partial charge in [-0.15, -0.1) is 0 Å². The van der Waals surface area contributed by atoms with Crippen LogP contribution in [0.15, 0.2) is 12.1 Å². The first kappa shape index (κ1) is 14.0. The van der Waals surface area contributed by atoms with Crippen LogP contribution in [-0.2, 0) is 0 Å². The zero-order valence-corrected chi connectivity index (χ0v) is 9.64. The van der Waals surface area contributed by atoms with E-state index in [0.29, 0.717) is 18.5 Å². The Morgan fingerprint density at radius 3 is 2.29 bits per heavy atom. The number of benzene rings is 1. The second kappa shape index (κ2) is 6.61. The molecule has 1 aromatic carbocycles. The van der Waals surface area contributed by atoms with Crippen LogP contribution in [0, 0.1) is 17.5 Å². The predicted octanol–water partition coefficient (Wildman–Crippen LogP) is 2.53. The molecule has 1 rings (SSSR count). The molecule has 0 aliphatic rings. The van der Waals surface area contributed by atoms with Crippen LogP contribution in [0.25, 0.3) is 0 Å². The van der Waals surface area contributed by atoms with Gasteiger partial charge >= 0.3 is 0 Å². The molecule has 0 aliphatic heterocycles. The fraction of sp³-hybridized carbons (Fsp3) is 0.500. The summed E-state index contributed by atoms with van der Waals surface area (Å²) in [5.41, 5.74) is 0.309. The summed E-state index contributed by atoms with van der Waals surface area (Å²) < 4.78 is 38.9. The van der Waals surface area contributed by atoms with E-state index in [0.717, 1.165) is 18.6 Å². The van der Waals surface area contributed by atoms with Crippen LogP contribution >= 0.6 is 0 Å². The number of hydrogen-bond acceptors (Lipinski definition) is 2. The van der Waals surface area contributed by atoms with Crippen molar-refractivity contribution in [3.8, 4) is 0 Å². The van der Waals surface area contributed by atoms with Gasteiger partial charge in [0.2, 0.25) is 0 Å². The minimum atomic E-state index is -1.47. The van der Waals surface area contributed by atoms with Crippen molar-refractivity contribution < 1.29 is 18.3 Å². The van der Waals surface area contributed by atoms with Gasteiger partial charge in [0, 0.05) is 12.6 Å². The molecule has 2 N–H and O–H groups in total. The number of hydrogen-bond donors (Lipinski definition) is 2. The quantitative estimate of drug-likeness (QED) is 0.757. The van der Waals surface area contributed by atoms with Crippen LogP contribution in [-0.4, -0.2) is 18.3 Å². The van der Waals surface area contributed by atoms with E-state index < -0.39 is 17.5 Å². The highest BCUT2D eigenvalue weighted by molar-refractivity contribution is 5.22. The number of nitrogens with one attached hydrogen (secondary N) is 1. The summed E-state index contributed by atoms with van der Waals surface area (Å²) in [6, 6.07) is 1.55. The van der Waals surface area contributed by atoms with Crippen molar-refractivity contribution in [2.75, 3.05) is 13.2 Å². The average molecular weight is 247 g/mol. The van der Waals surface area contributed by atoms with Crippen molar-refractivity contribution in [3.63, 3.8) is 0 Å². The third-order valence-corrected chi connectivity index (χ3v) is 2.47. The van der Waals surface area contributed by atoms with Gasteiger partial charge in [-0.2, -0.15) is 0 Å². The lowest BCUT2D eigenvalue weighted by Gasteiger charge is -2.18. The Balaban J connectivity index is 2.93. The molecule has 0 aliphatic carbocycles. The molecule has 1 atom stereocenters. The highest BCUT2D eigenvalue weighted by Crippen LogP contribution is 2.21. The molecule has 0 fully saturated rings. The lowest BCUT2D eigenvalue weighted by Crippen LogP contribution is -2.23. The molecule has 0 bridgehead atoms. The zero-order valence-electron chi connectivity index (χ0n) is 9.64. The molecule has 96 valence electrons. The van der Waals surface area contributed by atoms with Crippen LogP contribution in [0.3, 0.4) is 0 Å². The first-order chi connectivity index (χ1) is 8.10. The number of rotatable bonds is 6. The summed E-state index contributed by atoms with van der Waals surface area (Å²) in [4.78, 5) is 0. The lowest BCUT2D eigenvalue weighted by atomic mass is 10.0. The molecule has 2 nitrogen and oxygen atoms in total. The molecule has 0 heterocycles. The van der Waals surface area contributed by atoms with Gasteiger partial charge in [-0.3, -0.25) is 0 Å². The largest absolute Gasteiger partial charge is 0.396 e. The highest BCUT2D eigenvalue weighted by atomic mass is 19.2. The third kappa shape index (κ3) is 3.71. The van der Waals surface area contributed by atoms with Crippen molar-refractivity contribution in [3.05, 3.63) is 35.1 Å². The smallest absolute Gasteiger partial charge is 0.194 e. The lowest BCUT2D eigenvalue weighted by molar-refractivity contribution is 0.265. The van der Waals surface area contributed by atoms with Gasteiger partial charge in [0.15, 0.2) is 17.5 Å². The molecule has 0 saturated heterocycles. The van der Waals surface area contributed by atoms with E-state index in [2.05, 4.69) is 5.32 Å². The number of aliphatic hydroxyl groups is 1. The van der Waals surface area contributed by atoms with E-state index in [1.165, 1.54) is 0 Å². The van der Waals surface area contributed by atoms with E-state index in [1.54, 1.807) is 0 Å². The molecular formula is C12H16F3NO. The Bertz CT molecular complexity index is 348. The summed E-state index contributed by atoms with van der Waals surface area (Å²) in [6.07, 6.45) is 1.18. The van der Waals surface area contributed by atoms with E-state index in [1.807, 2.05) is 6.92 Å². The average Bonchev–Trinajstić information content (AvgIpc) is 2.31.